The molecule has 4 aromatic rings. The van der Waals surface area contributed by atoms with Crippen molar-refractivity contribution in [2.75, 3.05) is 14.1 Å². The summed E-state index contributed by atoms with van der Waals surface area (Å²) >= 11 is 0. The second-order valence-electron chi connectivity index (χ2n) is 9.95. The maximum Gasteiger partial charge on any atom is 0.488 e. The first-order valence-corrected chi connectivity index (χ1v) is 12.6. The van der Waals surface area contributed by atoms with E-state index in [1.807, 2.05) is 50.5 Å². The predicted octanol–water partition coefficient (Wildman–Crippen LogP) is 0.284. The second-order valence-corrected chi connectivity index (χ2v) is 9.95. The van der Waals surface area contributed by atoms with Gasteiger partial charge in [-0.2, -0.15) is 0 Å². The van der Waals surface area contributed by atoms with Crippen molar-refractivity contribution >= 4 is 49.1 Å². The zero-order valence-electron chi connectivity index (χ0n) is 22.0. The molecule has 0 fully saturated rings. The van der Waals surface area contributed by atoms with Crippen molar-refractivity contribution < 1.29 is 20.1 Å². The monoisotopic (exact) mass is 508 g/mol. The third kappa shape index (κ3) is 6.08. The number of hydrogen-bond acceptors (Lipinski definition) is 6. The van der Waals surface area contributed by atoms with Crippen molar-refractivity contribution in [3.05, 3.63) is 105 Å². The van der Waals surface area contributed by atoms with Gasteiger partial charge in [-0.1, -0.05) is 86.0 Å². The van der Waals surface area contributed by atoms with Gasteiger partial charge in [0.15, 0.2) is 0 Å². The molecule has 0 heterocycles. The molecule has 0 aliphatic carbocycles. The number of nitrogens with zero attached hydrogens (tertiary/aromatic N) is 2. The first kappa shape index (κ1) is 27.8. The molecular weight excluding hydrogens is 474 g/mol. The summed E-state index contributed by atoms with van der Waals surface area (Å²) < 4.78 is 0. The number of benzene rings is 4. The van der Waals surface area contributed by atoms with Gasteiger partial charge in [0.2, 0.25) is 0 Å². The van der Waals surface area contributed by atoms with Crippen LogP contribution < -0.4 is 21.4 Å². The van der Waals surface area contributed by atoms with Crippen LogP contribution in [0, 0.1) is 0 Å². The van der Waals surface area contributed by atoms with Crippen molar-refractivity contribution in [2.24, 2.45) is 0 Å². The molecule has 194 valence electrons. The van der Waals surface area contributed by atoms with Crippen LogP contribution in [0.1, 0.15) is 22.3 Å². The van der Waals surface area contributed by atoms with Gasteiger partial charge in [-0.05, 0) is 68.5 Å². The van der Waals surface area contributed by atoms with Gasteiger partial charge >= 0.3 is 14.2 Å². The topological polar surface area (TPSA) is 87.4 Å². The smallest absolute Gasteiger partial charge is 0.423 e. The van der Waals surface area contributed by atoms with Gasteiger partial charge < -0.3 is 20.1 Å². The lowest BCUT2D eigenvalue weighted by atomic mass is 9.77. The molecule has 0 aromatic heterocycles. The predicted molar refractivity (Wildman–Crippen MR) is 157 cm³/mol. The highest BCUT2D eigenvalue weighted by Crippen LogP contribution is 2.21. The second kappa shape index (κ2) is 12.1. The van der Waals surface area contributed by atoms with Crippen molar-refractivity contribution in [1.82, 2.24) is 9.80 Å². The summed E-state index contributed by atoms with van der Waals surface area (Å²) in [5.41, 5.74) is 4.92. The SMILES string of the molecule is C=c1c(CN(C)Cc2ccccc2B(O)O)c2ccccc2c(CN(C)Cc2ccccc2B(O)O)c1=C. The minimum atomic E-state index is -1.51. The van der Waals surface area contributed by atoms with Crippen molar-refractivity contribution in [2.45, 2.75) is 26.2 Å². The summed E-state index contributed by atoms with van der Waals surface area (Å²) in [7, 11) is 0.983. The molecule has 0 radical (unpaired) electrons. The Balaban J connectivity index is 1.63. The van der Waals surface area contributed by atoms with Crippen LogP contribution in [-0.2, 0) is 26.2 Å². The van der Waals surface area contributed by atoms with Crippen LogP contribution in [0.3, 0.4) is 0 Å². The van der Waals surface area contributed by atoms with E-state index in [2.05, 4.69) is 35.1 Å². The lowest BCUT2D eigenvalue weighted by Crippen LogP contribution is -2.38. The zero-order chi connectivity index (χ0) is 27.4. The van der Waals surface area contributed by atoms with Crippen LogP contribution in [0.4, 0.5) is 0 Å². The molecule has 0 atom stereocenters. The lowest BCUT2D eigenvalue weighted by Gasteiger charge is -2.23. The van der Waals surface area contributed by atoms with Gasteiger partial charge in [0.25, 0.3) is 0 Å². The highest BCUT2D eigenvalue weighted by Gasteiger charge is 2.19. The molecule has 6 nitrogen and oxygen atoms in total. The third-order valence-electron chi connectivity index (χ3n) is 7.07. The molecule has 0 unspecified atom stereocenters. The number of fused-ring (bicyclic) bond motifs is 1. The Labute approximate surface area is 224 Å². The Morgan fingerprint density at radius 3 is 1.26 bits per heavy atom. The Kier molecular flexibility index (Phi) is 8.84. The quantitative estimate of drug-likeness (QED) is 0.231. The third-order valence-corrected chi connectivity index (χ3v) is 7.07. The van der Waals surface area contributed by atoms with Gasteiger partial charge in [-0.15, -0.1) is 0 Å². The van der Waals surface area contributed by atoms with Crippen LogP contribution in [0.2, 0.25) is 0 Å². The maximum atomic E-state index is 9.76. The van der Waals surface area contributed by atoms with Crippen molar-refractivity contribution in [3.8, 4) is 0 Å². The summed E-state index contributed by atoms with van der Waals surface area (Å²) in [6.07, 6.45) is 0. The summed E-state index contributed by atoms with van der Waals surface area (Å²) in [4.78, 5) is 4.28. The van der Waals surface area contributed by atoms with Crippen LogP contribution >= 0.6 is 0 Å². The van der Waals surface area contributed by atoms with E-state index in [1.165, 1.54) is 0 Å². The van der Waals surface area contributed by atoms with Gasteiger partial charge in [0, 0.05) is 26.2 Å². The van der Waals surface area contributed by atoms with E-state index < -0.39 is 14.2 Å². The molecule has 0 aliphatic heterocycles. The molecule has 4 rings (SSSR count). The van der Waals surface area contributed by atoms with Crippen LogP contribution in [0.5, 0.6) is 0 Å². The molecule has 0 spiro atoms. The van der Waals surface area contributed by atoms with E-state index in [0.717, 1.165) is 43.5 Å². The fourth-order valence-corrected chi connectivity index (χ4v) is 5.15. The fourth-order valence-electron chi connectivity index (χ4n) is 5.15. The standard InChI is InChI=1S/C30H34B2N2O4/c1-21-22(2)28(20-34(4)18-24-12-6-10-16-30(24)32(37)38)26-14-8-7-13-25(26)27(21)19-33(3)17-23-11-5-9-15-29(23)31(35)36/h5-16,35-38H,1-2,17-20H2,3-4H3. The van der Waals surface area contributed by atoms with E-state index in [-0.39, 0.29) is 0 Å². The highest BCUT2D eigenvalue weighted by atomic mass is 16.4. The van der Waals surface area contributed by atoms with E-state index >= 15 is 0 Å². The average molecular weight is 508 g/mol. The summed E-state index contributed by atoms with van der Waals surface area (Å²) in [5.74, 6) is 0. The molecule has 8 heteroatoms. The van der Waals surface area contributed by atoms with Gasteiger partial charge in [0.1, 0.15) is 0 Å². The van der Waals surface area contributed by atoms with Gasteiger partial charge in [-0.25, -0.2) is 0 Å². The molecule has 0 amide bonds. The van der Waals surface area contributed by atoms with E-state index in [9.17, 15) is 20.1 Å². The first-order chi connectivity index (χ1) is 18.2. The van der Waals surface area contributed by atoms with Crippen molar-refractivity contribution in [1.29, 1.82) is 0 Å². The normalized spacial score (nSPS) is 11.5. The molecule has 0 bridgehead atoms. The number of rotatable bonds is 10. The molecule has 0 aliphatic rings. The first-order valence-electron chi connectivity index (χ1n) is 12.6. The highest BCUT2D eigenvalue weighted by molar-refractivity contribution is 6.59. The van der Waals surface area contributed by atoms with E-state index in [0.29, 0.717) is 37.1 Å². The molecule has 0 saturated carbocycles. The Bertz CT molecular complexity index is 1410. The minimum absolute atomic E-state index is 0.505. The Morgan fingerprint density at radius 1 is 0.553 bits per heavy atom. The van der Waals surface area contributed by atoms with Crippen LogP contribution in [-0.4, -0.2) is 58.2 Å². The van der Waals surface area contributed by atoms with Gasteiger partial charge in [-0.3, -0.25) is 9.80 Å². The minimum Gasteiger partial charge on any atom is -0.423 e. The lowest BCUT2D eigenvalue weighted by molar-refractivity contribution is 0.317. The summed E-state index contributed by atoms with van der Waals surface area (Å²) in [6.45, 7) is 11.2. The van der Waals surface area contributed by atoms with E-state index in [4.69, 9.17) is 0 Å². The maximum absolute atomic E-state index is 9.76. The van der Waals surface area contributed by atoms with Gasteiger partial charge in [0.05, 0.1) is 0 Å². The average Bonchev–Trinajstić information content (AvgIpc) is 2.89. The van der Waals surface area contributed by atoms with E-state index in [1.54, 1.807) is 24.3 Å². The van der Waals surface area contributed by atoms with Crippen molar-refractivity contribution in [3.63, 3.8) is 0 Å². The number of hydrogen-bond donors (Lipinski definition) is 4. The van der Waals surface area contributed by atoms with Crippen LogP contribution in [0.15, 0.2) is 72.8 Å². The largest absolute Gasteiger partial charge is 0.488 e. The molecule has 4 aromatic carbocycles. The molecule has 4 N–H and O–H groups in total. The van der Waals surface area contributed by atoms with Crippen LogP contribution in [0.25, 0.3) is 23.9 Å². The Hall–Kier alpha value is -3.23. The molecule has 38 heavy (non-hydrogen) atoms. The molecule has 0 saturated heterocycles. The fraction of sp³-hybridized carbons (Fsp3) is 0.200. The summed E-state index contributed by atoms with van der Waals surface area (Å²) in [5, 5.41) is 43.0. The molecular formula is C30H34B2N2O4. The zero-order valence-corrected chi connectivity index (χ0v) is 22.0. The summed E-state index contributed by atoms with van der Waals surface area (Å²) in [6, 6.07) is 23.0. The Morgan fingerprint density at radius 2 is 0.895 bits per heavy atom.